The Morgan fingerprint density at radius 1 is 1.31 bits per heavy atom. The Bertz CT molecular complexity index is 714. The van der Waals surface area contributed by atoms with Crippen LogP contribution in [0.15, 0.2) is 34.6 Å². The van der Waals surface area contributed by atoms with Crippen LogP contribution in [-0.2, 0) is 13.0 Å². The standard InChI is InChI=1S/C20H29N5S/c1-3-19-23-18(14-26-19)13-25-10-8-16(9-11-25)12-22-20(21)24-17-6-4-15(2)5-7-17/h4-7,14,16H,3,8-13H2,1-2H3,(H3,21,22,24). The summed E-state index contributed by atoms with van der Waals surface area (Å²) in [4.78, 5) is 11.7. The minimum Gasteiger partial charge on any atom is -0.370 e. The number of rotatable bonds is 6. The number of anilines is 1. The van der Waals surface area contributed by atoms with E-state index in [1.165, 1.54) is 29.1 Å². The van der Waals surface area contributed by atoms with Gasteiger partial charge < -0.3 is 11.1 Å². The van der Waals surface area contributed by atoms with Crippen LogP contribution in [0.25, 0.3) is 0 Å². The van der Waals surface area contributed by atoms with Crippen molar-refractivity contribution in [1.82, 2.24) is 9.88 Å². The molecule has 5 nitrogen and oxygen atoms in total. The quantitative estimate of drug-likeness (QED) is 0.601. The summed E-state index contributed by atoms with van der Waals surface area (Å²) in [6, 6.07) is 8.19. The molecule has 2 heterocycles. The number of nitrogens with two attached hydrogens (primary N) is 1. The summed E-state index contributed by atoms with van der Waals surface area (Å²) >= 11 is 1.77. The highest BCUT2D eigenvalue weighted by molar-refractivity contribution is 7.09. The second-order valence-corrected chi connectivity index (χ2v) is 7.97. The third-order valence-corrected chi connectivity index (χ3v) is 5.88. The first-order valence-electron chi connectivity index (χ1n) is 9.41. The van der Waals surface area contributed by atoms with E-state index in [1.54, 1.807) is 11.3 Å². The minimum absolute atomic E-state index is 0.505. The number of aromatic nitrogens is 1. The minimum atomic E-state index is 0.505. The number of thiazole rings is 1. The van der Waals surface area contributed by atoms with E-state index in [1.807, 2.05) is 12.1 Å². The SMILES string of the molecule is CCc1nc(CN2CCC(CN=C(N)Nc3ccc(C)cc3)CC2)cs1. The molecule has 2 aromatic rings. The Morgan fingerprint density at radius 3 is 2.69 bits per heavy atom. The molecule has 3 N–H and O–H groups in total. The van der Waals surface area contributed by atoms with Gasteiger partial charge in [-0.3, -0.25) is 9.89 Å². The average Bonchev–Trinajstić information content (AvgIpc) is 3.11. The first-order valence-corrected chi connectivity index (χ1v) is 10.3. The molecule has 140 valence electrons. The van der Waals surface area contributed by atoms with Gasteiger partial charge in [-0.25, -0.2) is 4.98 Å². The summed E-state index contributed by atoms with van der Waals surface area (Å²) in [7, 11) is 0. The van der Waals surface area contributed by atoms with Crippen molar-refractivity contribution in [2.24, 2.45) is 16.6 Å². The van der Waals surface area contributed by atoms with Gasteiger partial charge in [-0.2, -0.15) is 0 Å². The Morgan fingerprint density at radius 2 is 2.04 bits per heavy atom. The summed E-state index contributed by atoms with van der Waals surface area (Å²) < 4.78 is 0. The second-order valence-electron chi connectivity index (χ2n) is 7.02. The van der Waals surface area contributed by atoms with E-state index < -0.39 is 0 Å². The van der Waals surface area contributed by atoms with Gasteiger partial charge in [0.2, 0.25) is 0 Å². The number of likely N-dealkylation sites (tertiary alicyclic amines) is 1. The fourth-order valence-electron chi connectivity index (χ4n) is 3.19. The molecular formula is C20H29N5S. The molecule has 0 radical (unpaired) electrons. The number of benzene rings is 1. The largest absolute Gasteiger partial charge is 0.370 e. The van der Waals surface area contributed by atoms with Crippen LogP contribution in [-0.4, -0.2) is 35.5 Å². The van der Waals surface area contributed by atoms with Gasteiger partial charge in [-0.1, -0.05) is 24.6 Å². The monoisotopic (exact) mass is 371 g/mol. The molecule has 0 spiro atoms. The number of piperidine rings is 1. The van der Waals surface area contributed by atoms with E-state index in [0.717, 1.165) is 38.3 Å². The summed E-state index contributed by atoms with van der Waals surface area (Å²) in [6.45, 7) is 8.24. The van der Waals surface area contributed by atoms with Gasteiger partial charge in [0.25, 0.3) is 0 Å². The first-order chi connectivity index (χ1) is 12.6. The molecule has 1 saturated heterocycles. The van der Waals surface area contributed by atoms with Gasteiger partial charge in [-0.05, 0) is 57.3 Å². The van der Waals surface area contributed by atoms with Gasteiger partial charge in [0.05, 0.1) is 10.7 Å². The molecule has 0 amide bonds. The molecule has 1 aliphatic heterocycles. The van der Waals surface area contributed by atoms with E-state index in [4.69, 9.17) is 5.73 Å². The van der Waals surface area contributed by atoms with Gasteiger partial charge in [0.1, 0.15) is 0 Å². The zero-order chi connectivity index (χ0) is 18.4. The van der Waals surface area contributed by atoms with Crippen molar-refractivity contribution in [1.29, 1.82) is 0 Å². The summed E-state index contributed by atoms with van der Waals surface area (Å²) in [5.41, 5.74) is 9.47. The highest BCUT2D eigenvalue weighted by atomic mass is 32.1. The molecule has 1 aliphatic rings. The van der Waals surface area contributed by atoms with Crippen molar-refractivity contribution in [3.05, 3.63) is 45.9 Å². The first kappa shape index (κ1) is 18.9. The Hall–Kier alpha value is -1.92. The van der Waals surface area contributed by atoms with Gasteiger partial charge in [-0.15, -0.1) is 11.3 Å². The molecule has 0 unspecified atom stereocenters. The lowest BCUT2D eigenvalue weighted by Crippen LogP contribution is -2.34. The zero-order valence-corrected chi connectivity index (χ0v) is 16.6. The fraction of sp³-hybridized carbons (Fsp3) is 0.500. The summed E-state index contributed by atoms with van der Waals surface area (Å²) in [5, 5.41) is 6.61. The lowest BCUT2D eigenvalue weighted by molar-refractivity contribution is 0.179. The number of hydrogen-bond acceptors (Lipinski definition) is 4. The van der Waals surface area contributed by atoms with Crippen LogP contribution in [0, 0.1) is 12.8 Å². The number of nitrogens with one attached hydrogen (secondary N) is 1. The maximum absolute atomic E-state index is 6.03. The van der Waals surface area contributed by atoms with Crippen molar-refractivity contribution in [3.63, 3.8) is 0 Å². The molecule has 0 bridgehead atoms. The zero-order valence-electron chi connectivity index (χ0n) is 15.7. The molecule has 1 aromatic carbocycles. The van der Waals surface area contributed by atoms with Crippen LogP contribution in [0.4, 0.5) is 5.69 Å². The third kappa shape index (κ3) is 5.54. The number of hydrogen-bond donors (Lipinski definition) is 2. The van der Waals surface area contributed by atoms with E-state index in [9.17, 15) is 0 Å². The van der Waals surface area contributed by atoms with Crippen molar-refractivity contribution >= 4 is 23.0 Å². The fourth-order valence-corrected chi connectivity index (χ4v) is 3.93. The van der Waals surface area contributed by atoms with Crippen molar-refractivity contribution in [3.8, 4) is 0 Å². The van der Waals surface area contributed by atoms with E-state index in [0.29, 0.717) is 11.9 Å². The molecule has 0 atom stereocenters. The smallest absolute Gasteiger partial charge is 0.193 e. The summed E-state index contributed by atoms with van der Waals surface area (Å²) in [5.74, 6) is 1.12. The topological polar surface area (TPSA) is 66.5 Å². The lowest BCUT2D eigenvalue weighted by Gasteiger charge is -2.30. The van der Waals surface area contributed by atoms with Crippen molar-refractivity contribution in [2.45, 2.75) is 39.7 Å². The van der Waals surface area contributed by atoms with Crippen LogP contribution in [0.2, 0.25) is 0 Å². The molecule has 0 saturated carbocycles. The molecule has 3 rings (SSSR count). The third-order valence-electron chi connectivity index (χ3n) is 4.84. The van der Waals surface area contributed by atoms with Crippen LogP contribution < -0.4 is 11.1 Å². The molecule has 0 aliphatic carbocycles. The predicted molar refractivity (Wildman–Crippen MR) is 111 cm³/mol. The Labute approximate surface area is 160 Å². The van der Waals surface area contributed by atoms with Crippen LogP contribution in [0.5, 0.6) is 0 Å². The Balaban J connectivity index is 1.41. The lowest BCUT2D eigenvalue weighted by atomic mass is 9.97. The van der Waals surface area contributed by atoms with Crippen molar-refractivity contribution < 1.29 is 0 Å². The second kappa shape index (κ2) is 9.14. The van der Waals surface area contributed by atoms with Crippen molar-refractivity contribution in [2.75, 3.05) is 25.0 Å². The molecule has 26 heavy (non-hydrogen) atoms. The maximum Gasteiger partial charge on any atom is 0.193 e. The summed E-state index contributed by atoms with van der Waals surface area (Å²) in [6.07, 6.45) is 3.38. The maximum atomic E-state index is 6.03. The number of guanidine groups is 1. The normalized spacial score (nSPS) is 16.8. The van der Waals surface area contributed by atoms with Gasteiger partial charge >= 0.3 is 0 Å². The molecule has 1 aromatic heterocycles. The van der Waals surface area contributed by atoms with Gasteiger partial charge in [0.15, 0.2) is 5.96 Å². The van der Waals surface area contributed by atoms with E-state index >= 15 is 0 Å². The Kier molecular flexibility index (Phi) is 6.63. The number of aryl methyl sites for hydroxylation is 2. The average molecular weight is 372 g/mol. The molecular weight excluding hydrogens is 342 g/mol. The molecule has 6 heteroatoms. The van der Waals surface area contributed by atoms with Crippen LogP contribution in [0.1, 0.15) is 36.0 Å². The number of nitrogens with zero attached hydrogens (tertiary/aromatic N) is 3. The molecule has 1 fully saturated rings. The number of aliphatic imine (C=N–C) groups is 1. The van der Waals surface area contributed by atoms with Gasteiger partial charge in [0, 0.05) is 24.2 Å². The van der Waals surface area contributed by atoms with E-state index in [2.05, 4.69) is 51.6 Å². The predicted octanol–water partition coefficient (Wildman–Crippen LogP) is 3.65. The van der Waals surface area contributed by atoms with Crippen LogP contribution in [0.3, 0.4) is 0 Å². The van der Waals surface area contributed by atoms with E-state index in [-0.39, 0.29) is 0 Å². The van der Waals surface area contributed by atoms with Crippen LogP contribution >= 0.6 is 11.3 Å². The highest BCUT2D eigenvalue weighted by Crippen LogP contribution is 2.20. The highest BCUT2D eigenvalue weighted by Gasteiger charge is 2.19.